The normalized spacial score (nSPS) is 12.5. The second kappa shape index (κ2) is 8.92. The number of hydrogen-bond donors (Lipinski definition) is 1. The highest BCUT2D eigenvalue weighted by atomic mass is 32.2. The molecule has 27 heavy (non-hydrogen) atoms. The minimum Gasteiger partial charge on any atom is -0.383 e. The summed E-state index contributed by atoms with van der Waals surface area (Å²) in [6.45, 7) is 10.4. The summed E-state index contributed by atoms with van der Waals surface area (Å²) in [6.07, 6.45) is 0. The molecule has 1 heterocycles. The predicted octanol–water partition coefficient (Wildman–Crippen LogP) is 1.89. The van der Waals surface area contributed by atoms with E-state index in [0.717, 1.165) is 23.9 Å². The van der Waals surface area contributed by atoms with Crippen LogP contribution in [-0.2, 0) is 21.3 Å². The summed E-state index contributed by atoms with van der Waals surface area (Å²) in [5.74, 6) is 1.71. The van der Waals surface area contributed by atoms with Crippen molar-refractivity contribution >= 4 is 10.0 Å². The van der Waals surface area contributed by atoms with Gasteiger partial charge in [-0.3, -0.25) is 4.90 Å². The number of hydrogen-bond acceptors (Lipinski definition) is 6. The van der Waals surface area contributed by atoms with E-state index in [9.17, 15) is 8.42 Å². The van der Waals surface area contributed by atoms with Crippen molar-refractivity contribution in [2.45, 2.75) is 51.1 Å². The van der Waals surface area contributed by atoms with Gasteiger partial charge >= 0.3 is 0 Å². The Morgan fingerprint density at radius 3 is 2.30 bits per heavy atom. The lowest BCUT2D eigenvalue weighted by molar-refractivity contribution is 0.123. The van der Waals surface area contributed by atoms with Gasteiger partial charge in [0.2, 0.25) is 10.0 Å². The topological polar surface area (TPSA) is 103 Å². The highest BCUT2D eigenvalue weighted by molar-refractivity contribution is 7.89. The second-order valence-corrected chi connectivity index (χ2v) is 8.61. The zero-order chi connectivity index (χ0) is 20.2. The Labute approximate surface area is 161 Å². The van der Waals surface area contributed by atoms with Crippen LogP contribution in [0.3, 0.4) is 0 Å². The Hall–Kier alpha value is -1.81. The molecular formula is C18H29N5O3S. The third-order valence-corrected chi connectivity index (χ3v) is 5.19. The maximum atomic E-state index is 11.5. The Morgan fingerprint density at radius 1 is 1.19 bits per heavy atom. The predicted molar refractivity (Wildman–Crippen MR) is 104 cm³/mol. The molecular weight excluding hydrogens is 366 g/mol. The van der Waals surface area contributed by atoms with E-state index in [2.05, 4.69) is 23.8 Å². The molecule has 0 saturated heterocycles. The largest absolute Gasteiger partial charge is 0.383 e. The van der Waals surface area contributed by atoms with Gasteiger partial charge in [-0.2, -0.15) is 0 Å². The number of ether oxygens (including phenoxy) is 1. The number of nitrogens with two attached hydrogens (primary N) is 1. The van der Waals surface area contributed by atoms with Crippen molar-refractivity contribution in [3.8, 4) is 5.69 Å². The molecule has 0 fully saturated rings. The molecule has 0 atom stereocenters. The van der Waals surface area contributed by atoms with Crippen molar-refractivity contribution in [1.82, 2.24) is 19.7 Å². The molecule has 150 valence electrons. The van der Waals surface area contributed by atoms with Gasteiger partial charge in [0.15, 0.2) is 5.82 Å². The minimum atomic E-state index is -3.72. The van der Waals surface area contributed by atoms with Crippen molar-refractivity contribution in [3.63, 3.8) is 0 Å². The van der Waals surface area contributed by atoms with Gasteiger partial charge in [0.05, 0.1) is 23.7 Å². The summed E-state index contributed by atoms with van der Waals surface area (Å²) in [4.78, 5) is 7.03. The van der Waals surface area contributed by atoms with Crippen LogP contribution in [0, 0.1) is 0 Å². The van der Waals surface area contributed by atoms with Crippen molar-refractivity contribution in [1.29, 1.82) is 0 Å². The Morgan fingerprint density at radius 2 is 1.81 bits per heavy atom. The van der Waals surface area contributed by atoms with E-state index in [0.29, 0.717) is 19.2 Å². The second-order valence-electron chi connectivity index (χ2n) is 7.05. The highest BCUT2D eigenvalue weighted by Crippen LogP contribution is 2.20. The number of primary sulfonamides is 1. The minimum absolute atomic E-state index is 0.0724. The summed E-state index contributed by atoms with van der Waals surface area (Å²) in [5.41, 5.74) is 0.748. The van der Waals surface area contributed by atoms with Crippen LogP contribution in [0.1, 0.15) is 45.3 Å². The lowest BCUT2D eigenvalue weighted by Gasteiger charge is -2.24. The van der Waals surface area contributed by atoms with Gasteiger partial charge in [0, 0.05) is 25.6 Å². The van der Waals surface area contributed by atoms with Crippen molar-refractivity contribution in [2.24, 2.45) is 5.14 Å². The van der Waals surface area contributed by atoms with E-state index in [-0.39, 0.29) is 10.8 Å². The monoisotopic (exact) mass is 395 g/mol. The third kappa shape index (κ3) is 5.58. The van der Waals surface area contributed by atoms with E-state index in [1.807, 2.05) is 13.8 Å². The van der Waals surface area contributed by atoms with Gasteiger partial charge in [-0.05, 0) is 38.1 Å². The fourth-order valence-corrected chi connectivity index (χ4v) is 3.20. The first-order valence-corrected chi connectivity index (χ1v) is 10.5. The van der Waals surface area contributed by atoms with Gasteiger partial charge < -0.3 is 4.74 Å². The van der Waals surface area contributed by atoms with Crippen LogP contribution < -0.4 is 5.14 Å². The fourth-order valence-electron chi connectivity index (χ4n) is 2.69. The van der Waals surface area contributed by atoms with E-state index in [4.69, 9.17) is 14.9 Å². The van der Waals surface area contributed by atoms with Crippen molar-refractivity contribution in [2.75, 3.05) is 20.3 Å². The van der Waals surface area contributed by atoms with Crippen LogP contribution in [-0.4, -0.2) is 54.4 Å². The first-order valence-electron chi connectivity index (χ1n) is 8.95. The van der Waals surface area contributed by atoms with Gasteiger partial charge in [0.25, 0.3) is 0 Å². The molecule has 9 heteroatoms. The van der Waals surface area contributed by atoms with Crippen molar-refractivity contribution < 1.29 is 13.2 Å². The maximum Gasteiger partial charge on any atom is 0.238 e. The Balaban J connectivity index is 2.34. The average Bonchev–Trinajstić information content (AvgIpc) is 3.02. The van der Waals surface area contributed by atoms with E-state index in [1.165, 1.54) is 12.1 Å². The first kappa shape index (κ1) is 21.5. The molecule has 0 saturated carbocycles. The number of rotatable bonds is 9. The SMILES string of the molecule is COCCN(Cc1nc(C(C)C)n(-c2ccc(S(N)(=O)=O)cc2)n1)C(C)C. The Bertz CT molecular complexity index is 844. The molecule has 0 radical (unpaired) electrons. The number of nitrogens with zero attached hydrogens (tertiary/aromatic N) is 4. The molecule has 0 bridgehead atoms. The van der Waals surface area contributed by atoms with Gasteiger partial charge in [-0.1, -0.05) is 13.8 Å². The number of aromatic nitrogens is 3. The maximum absolute atomic E-state index is 11.5. The van der Waals surface area contributed by atoms with E-state index in [1.54, 1.807) is 23.9 Å². The summed E-state index contributed by atoms with van der Waals surface area (Å²) >= 11 is 0. The lowest BCUT2D eigenvalue weighted by atomic mass is 10.2. The van der Waals surface area contributed by atoms with Crippen LogP contribution in [0.25, 0.3) is 5.69 Å². The van der Waals surface area contributed by atoms with E-state index < -0.39 is 10.0 Å². The molecule has 1 aromatic heterocycles. The third-order valence-electron chi connectivity index (χ3n) is 4.26. The molecule has 0 aliphatic heterocycles. The number of benzene rings is 1. The molecule has 0 aliphatic rings. The Kier molecular flexibility index (Phi) is 7.10. The quantitative estimate of drug-likeness (QED) is 0.695. The van der Waals surface area contributed by atoms with Gasteiger partial charge in [-0.15, -0.1) is 5.10 Å². The van der Waals surface area contributed by atoms with Gasteiger partial charge in [0.1, 0.15) is 5.82 Å². The average molecular weight is 396 g/mol. The lowest BCUT2D eigenvalue weighted by Crippen LogP contribution is -2.33. The molecule has 0 amide bonds. The molecule has 1 aromatic carbocycles. The highest BCUT2D eigenvalue weighted by Gasteiger charge is 2.18. The van der Waals surface area contributed by atoms with E-state index >= 15 is 0 Å². The van der Waals surface area contributed by atoms with Crippen LogP contribution >= 0.6 is 0 Å². The smallest absolute Gasteiger partial charge is 0.238 e. The molecule has 2 aromatic rings. The molecule has 0 unspecified atom stereocenters. The molecule has 0 spiro atoms. The molecule has 8 nitrogen and oxygen atoms in total. The number of sulfonamides is 1. The van der Waals surface area contributed by atoms with Gasteiger partial charge in [-0.25, -0.2) is 23.2 Å². The first-order chi connectivity index (χ1) is 12.6. The summed E-state index contributed by atoms with van der Waals surface area (Å²) in [5, 5.41) is 9.84. The molecule has 2 N–H and O–H groups in total. The summed E-state index contributed by atoms with van der Waals surface area (Å²) in [7, 11) is -2.03. The standard InChI is InChI=1S/C18H29N5O3S/c1-13(2)18-20-17(12-22(14(3)4)10-11-26-5)21-23(18)15-6-8-16(9-7-15)27(19,24)25/h6-9,13-14H,10-12H2,1-5H3,(H2,19,24,25). The zero-order valence-electron chi connectivity index (χ0n) is 16.6. The number of methoxy groups -OCH3 is 1. The van der Waals surface area contributed by atoms with Crippen molar-refractivity contribution in [3.05, 3.63) is 35.9 Å². The molecule has 0 aliphatic carbocycles. The van der Waals surface area contributed by atoms with Crippen LogP contribution in [0.4, 0.5) is 0 Å². The fraction of sp³-hybridized carbons (Fsp3) is 0.556. The summed E-state index contributed by atoms with van der Waals surface area (Å²) < 4.78 is 29.9. The summed E-state index contributed by atoms with van der Waals surface area (Å²) in [6, 6.07) is 6.68. The van der Waals surface area contributed by atoms with Crippen LogP contribution in [0.15, 0.2) is 29.2 Å². The van der Waals surface area contributed by atoms with Crippen LogP contribution in [0.2, 0.25) is 0 Å². The molecule has 2 rings (SSSR count). The van der Waals surface area contributed by atoms with Crippen LogP contribution in [0.5, 0.6) is 0 Å². The zero-order valence-corrected chi connectivity index (χ0v) is 17.4.